The first-order chi connectivity index (χ1) is 11.8. The molecule has 1 aromatic heterocycles. The summed E-state index contributed by atoms with van der Waals surface area (Å²) >= 11 is 0. The van der Waals surface area contributed by atoms with E-state index in [1.807, 2.05) is 30.3 Å². The number of rotatable bonds is 3. The summed E-state index contributed by atoms with van der Waals surface area (Å²) in [5.41, 5.74) is 2.49. The van der Waals surface area contributed by atoms with Crippen LogP contribution in [0.4, 0.5) is 0 Å². The predicted molar refractivity (Wildman–Crippen MR) is 91.6 cm³/mol. The first kappa shape index (κ1) is 15.6. The molecule has 2 aromatic carbocycles. The fraction of sp³-hybridized carbons (Fsp3) is 0.158. The minimum Gasteiger partial charge on any atom is -0.493 e. The highest BCUT2D eigenvalue weighted by Gasteiger charge is 2.12. The molecule has 5 nitrogen and oxygen atoms in total. The Bertz CT molecular complexity index is 912. The third-order valence-electron chi connectivity index (χ3n) is 3.56. The van der Waals surface area contributed by atoms with E-state index in [1.165, 1.54) is 6.33 Å². The second-order valence-corrected chi connectivity index (χ2v) is 4.93. The molecule has 0 aliphatic rings. The van der Waals surface area contributed by atoms with Crippen molar-refractivity contribution in [2.45, 2.75) is 0 Å². The van der Waals surface area contributed by atoms with Crippen molar-refractivity contribution in [3.63, 3.8) is 0 Å². The molecule has 0 saturated carbocycles. The topological polar surface area (TPSA) is 53.5 Å². The SMILES string of the molecule is COc1cc(C#Cc2cccc3ncncc23)cc(OC)c1OC. The Hall–Kier alpha value is -3.26. The molecule has 0 saturated heterocycles. The van der Waals surface area contributed by atoms with Crippen molar-refractivity contribution in [2.75, 3.05) is 21.3 Å². The first-order valence-corrected chi connectivity index (χ1v) is 7.27. The highest BCUT2D eigenvalue weighted by atomic mass is 16.5. The summed E-state index contributed by atoms with van der Waals surface area (Å²) in [6.07, 6.45) is 3.29. The fourth-order valence-corrected chi connectivity index (χ4v) is 2.41. The van der Waals surface area contributed by atoms with Crippen molar-refractivity contribution in [1.82, 2.24) is 9.97 Å². The molecular weight excluding hydrogens is 304 g/mol. The number of ether oxygens (including phenoxy) is 3. The van der Waals surface area contributed by atoms with Crippen LogP contribution in [0.2, 0.25) is 0 Å². The summed E-state index contributed by atoms with van der Waals surface area (Å²) in [6.45, 7) is 0. The standard InChI is InChI=1S/C19H16N2O3/c1-22-17-9-13(10-18(23-2)19(17)24-3)7-8-14-5-4-6-16-15(14)11-20-12-21-16/h4-6,9-12H,1-3H3. The zero-order valence-corrected chi connectivity index (χ0v) is 13.7. The lowest BCUT2D eigenvalue weighted by Crippen LogP contribution is -1.95. The third kappa shape index (κ3) is 2.95. The molecule has 0 amide bonds. The molecular formula is C19H16N2O3. The fourth-order valence-electron chi connectivity index (χ4n) is 2.41. The van der Waals surface area contributed by atoms with E-state index in [1.54, 1.807) is 27.5 Å². The van der Waals surface area contributed by atoms with Gasteiger partial charge in [0.2, 0.25) is 5.75 Å². The molecule has 3 aromatic rings. The van der Waals surface area contributed by atoms with Crippen molar-refractivity contribution in [3.8, 4) is 29.1 Å². The summed E-state index contributed by atoms with van der Waals surface area (Å²) in [6, 6.07) is 9.43. The van der Waals surface area contributed by atoms with Crippen LogP contribution in [0, 0.1) is 11.8 Å². The highest BCUT2D eigenvalue weighted by Crippen LogP contribution is 2.37. The van der Waals surface area contributed by atoms with Gasteiger partial charge in [0, 0.05) is 22.7 Å². The zero-order chi connectivity index (χ0) is 16.9. The van der Waals surface area contributed by atoms with E-state index in [0.717, 1.165) is 22.0 Å². The monoisotopic (exact) mass is 320 g/mol. The van der Waals surface area contributed by atoms with Crippen molar-refractivity contribution < 1.29 is 14.2 Å². The molecule has 0 unspecified atom stereocenters. The van der Waals surface area contributed by atoms with Gasteiger partial charge in [-0.3, -0.25) is 0 Å². The molecule has 120 valence electrons. The van der Waals surface area contributed by atoms with Crippen LogP contribution in [0.25, 0.3) is 10.9 Å². The lowest BCUT2D eigenvalue weighted by Gasteiger charge is -2.12. The van der Waals surface area contributed by atoms with Crippen molar-refractivity contribution in [2.24, 2.45) is 0 Å². The van der Waals surface area contributed by atoms with Crippen LogP contribution in [-0.2, 0) is 0 Å². The quantitative estimate of drug-likeness (QED) is 0.694. The number of methoxy groups -OCH3 is 3. The van der Waals surface area contributed by atoms with E-state index in [9.17, 15) is 0 Å². The number of aromatic nitrogens is 2. The average Bonchev–Trinajstić information content (AvgIpc) is 2.65. The minimum atomic E-state index is 0.545. The summed E-state index contributed by atoms with van der Waals surface area (Å²) < 4.78 is 16.0. The molecule has 0 fully saturated rings. The second kappa shape index (κ2) is 6.88. The lowest BCUT2D eigenvalue weighted by atomic mass is 10.1. The van der Waals surface area contributed by atoms with Gasteiger partial charge in [0.15, 0.2) is 11.5 Å². The number of hydrogen-bond donors (Lipinski definition) is 0. The summed E-state index contributed by atoms with van der Waals surface area (Å²) in [7, 11) is 4.73. The maximum absolute atomic E-state index is 5.35. The highest BCUT2D eigenvalue weighted by molar-refractivity contribution is 5.84. The molecule has 0 atom stereocenters. The second-order valence-electron chi connectivity index (χ2n) is 4.93. The lowest BCUT2D eigenvalue weighted by molar-refractivity contribution is 0.324. The molecule has 0 N–H and O–H groups in total. The molecule has 0 aliphatic heterocycles. The predicted octanol–water partition coefficient (Wildman–Crippen LogP) is 3.06. The van der Waals surface area contributed by atoms with Gasteiger partial charge in [-0.15, -0.1) is 0 Å². The van der Waals surface area contributed by atoms with Crippen LogP contribution in [0.5, 0.6) is 17.2 Å². The average molecular weight is 320 g/mol. The van der Waals surface area contributed by atoms with Gasteiger partial charge in [-0.2, -0.15) is 0 Å². The van der Waals surface area contributed by atoms with Gasteiger partial charge in [-0.25, -0.2) is 9.97 Å². The van der Waals surface area contributed by atoms with E-state index in [-0.39, 0.29) is 0 Å². The number of hydrogen-bond acceptors (Lipinski definition) is 5. The number of fused-ring (bicyclic) bond motifs is 1. The first-order valence-electron chi connectivity index (χ1n) is 7.27. The Kier molecular flexibility index (Phi) is 4.48. The summed E-state index contributed by atoms with van der Waals surface area (Å²) in [5.74, 6) is 7.98. The minimum absolute atomic E-state index is 0.545. The summed E-state index contributed by atoms with van der Waals surface area (Å²) in [4.78, 5) is 8.31. The Balaban J connectivity index is 2.07. The number of nitrogens with zero attached hydrogens (tertiary/aromatic N) is 2. The largest absolute Gasteiger partial charge is 0.493 e. The van der Waals surface area contributed by atoms with Gasteiger partial charge >= 0.3 is 0 Å². The normalized spacial score (nSPS) is 9.96. The molecule has 1 heterocycles. The molecule has 3 rings (SSSR count). The van der Waals surface area contributed by atoms with E-state index in [4.69, 9.17) is 14.2 Å². The van der Waals surface area contributed by atoms with Crippen LogP contribution < -0.4 is 14.2 Å². The van der Waals surface area contributed by atoms with E-state index < -0.39 is 0 Å². The Morgan fingerprint density at radius 3 is 2.33 bits per heavy atom. The van der Waals surface area contributed by atoms with Gasteiger partial charge in [-0.05, 0) is 24.3 Å². The molecule has 0 aliphatic carbocycles. The van der Waals surface area contributed by atoms with E-state index in [2.05, 4.69) is 21.8 Å². The van der Waals surface area contributed by atoms with Gasteiger partial charge in [0.05, 0.1) is 26.8 Å². The van der Waals surface area contributed by atoms with Crippen LogP contribution >= 0.6 is 0 Å². The van der Waals surface area contributed by atoms with Gasteiger partial charge in [-0.1, -0.05) is 17.9 Å². The van der Waals surface area contributed by atoms with Crippen LogP contribution in [0.3, 0.4) is 0 Å². The van der Waals surface area contributed by atoms with Gasteiger partial charge in [0.25, 0.3) is 0 Å². The van der Waals surface area contributed by atoms with Gasteiger partial charge < -0.3 is 14.2 Å². The Labute approximate surface area is 140 Å². The number of benzene rings is 2. The maximum atomic E-state index is 5.35. The van der Waals surface area contributed by atoms with E-state index in [0.29, 0.717) is 17.2 Å². The van der Waals surface area contributed by atoms with Crippen LogP contribution in [-0.4, -0.2) is 31.3 Å². The van der Waals surface area contributed by atoms with Crippen LogP contribution in [0.15, 0.2) is 42.9 Å². The van der Waals surface area contributed by atoms with Crippen molar-refractivity contribution >= 4 is 10.9 Å². The molecule has 0 radical (unpaired) electrons. The van der Waals surface area contributed by atoms with Crippen molar-refractivity contribution in [3.05, 3.63) is 54.0 Å². The molecule has 0 spiro atoms. The Morgan fingerprint density at radius 1 is 0.917 bits per heavy atom. The molecule has 0 bridgehead atoms. The smallest absolute Gasteiger partial charge is 0.203 e. The van der Waals surface area contributed by atoms with E-state index >= 15 is 0 Å². The third-order valence-corrected chi connectivity index (χ3v) is 3.56. The van der Waals surface area contributed by atoms with Crippen molar-refractivity contribution in [1.29, 1.82) is 0 Å². The van der Waals surface area contributed by atoms with Gasteiger partial charge in [0.1, 0.15) is 6.33 Å². The zero-order valence-electron chi connectivity index (χ0n) is 13.7. The Morgan fingerprint density at radius 2 is 1.67 bits per heavy atom. The molecule has 5 heteroatoms. The molecule has 24 heavy (non-hydrogen) atoms. The summed E-state index contributed by atoms with van der Waals surface area (Å²) in [5, 5.41) is 0.917. The maximum Gasteiger partial charge on any atom is 0.203 e. The van der Waals surface area contributed by atoms with Crippen LogP contribution in [0.1, 0.15) is 11.1 Å².